The maximum atomic E-state index is 12.2. The number of carbonyl (C=O) groups is 1. The quantitative estimate of drug-likeness (QED) is 0.873. The van der Waals surface area contributed by atoms with Gasteiger partial charge in [-0.15, -0.1) is 0 Å². The molecule has 19 heavy (non-hydrogen) atoms. The van der Waals surface area contributed by atoms with Crippen LogP contribution in [0.5, 0.6) is 0 Å². The number of nitrogens with one attached hydrogen (secondary N) is 2. The maximum absolute atomic E-state index is 12.2. The van der Waals surface area contributed by atoms with Gasteiger partial charge in [0.1, 0.15) is 0 Å². The number of benzene rings is 1. The Morgan fingerprint density at radius 3 is 3.05 bits per heavy atom. The Hall–Kier alpha value is -2.14. The summed E-state index contributed by atoms with van der Waals surface area (Å²) in [5.41, 5.74) is 1.75. The second-order valence-corrected chi connectivity index (χ2v) is 4.67. The lowest BCUT2D eigenvalue weighted by molar-refractivity contribution is -0.119. The molecule has 2 aromatic rings. The van der Waals surface area contributed by atoms with E-state index in [4.69, 9.17) is 0 Å². The normalized spacial score (nSPS) is 18.4. The van der Waals surface area contributed by atoms with Gasteiger partial charge in [-0.2, -0.15) is 0 Å². The van der Waals surface area contributed by atoms with Crippen molar-refractivity contribution in [2.45, 2.75) is 6.42 Å². The van der Waals surface area contributed by atoms with Crippen molar-refractivity contribution < 1.29 is 4.79 Å². The van der Waals surface area contributed by atoms with Gasteiger partial charge in [0.05, 0.1) is 23.6 Å². The van der Waals surface area contributed by atoms with E-state index >= 15 is 0 Å². The number of anilines is 1. The molecule has 2 N–H and O–H groups in total. The number of imidazole rings is 1. The molecule has 0 aliphatic carbocycles. The molecule has 98 valence electrons. The minimum Gasteiger partial charge on any atom is -0.324 e. The van der Waals surface area contributed by atoms with Crippen molar-refractivity contribution in [1.82, 2.24) is 14.9 Å². The number of nitrogens with zero attached hydrogens (tertiary/aromatic N) is 2. The largest absolute Gasteiger partial charge is 0.324 e. The van der Waals surface area contributed by atoms with Crippen LogP contribution in [0.25, 0.3) is 5.69 Å². The van der Waals surface area contributed by atoms with Gasteiger partial charge >= 0.3 is 0 Å². The summed E-state index contributed by atoms with van der Waals surface area (Å²) in [6.45, 7) is 1.68. The number of carbonyl (C=O) groups excluding carboxylic acids is 1. The smallest absolute Gasteiger partial charge is 0.228 e. The predicted molar refractivity (Wildman–Crippen MR) is 73.2 cm³/mol. The van der Waals surface area contributed by atoms with Crippen LogP contribution in [-0.2, 0) is 4.79 Å². The van der Waals surface area contributed by atoms with E-state index in [2.05, 4.69) is 15.6 Å². The van der Waals surface area contributed by atoms with Crippen LogP contribution in [0.3, 0.4) is 0 Å². The van der Waals surface area contributed by atoms with Gasteiger partial charge < -0.3 is 15.2 Å². The summed E-state index contributed by atoms with van der Waals surface area (Å²) in [5.74, 6) is 0.147. The summed E-state index contributed by atoms with van der Waals surface area (Å²) in [6.07, 6.45) is 6.21. The van der Waals surface area contributed by atoms with Gasteiger partial charge in [-0.3, -0.25) is 4.79 Å². The molecule has 1 aliphatic heterocycles. The third-order valence-corrected chi connectivity index (χ3v) is 3.38. The van der Waals surface area contributed by atoms with Crippen LogP contribution in [0.15, 0.2) is 43.0 Å². The van der Waals surface area contributed by atoms with Gasteiger partial charge in [-0.25, -0.2) is 4.98 Å². The Kier molecular flexibility index (Phi) is 3.29. The molecule has 1 atom stereocenters. The van der Waals surface area contributed by atoms with Gasteiger partial charge in [-0.05, 0) is 25.1 Å². The van der Waals surface area contributed by atoms with Crippen molar-refractivity contribution in [3.8, 4) is 5.69 Å². The monoisotopic (exact) mass is 256 g/mol. The number of hydrogen-bond donors (Lipinski definition) is 2. The summed E-state index contributed by atoms with van der Waals surface area (Å²) in [7, 11) is 0. The zero-order valence-electron chi connectivity index (χ0n) is 10.5. The standard InChI is InChI=1S/C14H16N4O/c19-14(11-5-6-15-9-11)17-12-3-1-2-4-13(12)18-8-7-16-10-18/h1-4,7-8,10-11,15H,5-6,9H2,(H,17,19). The van der Waals surface area contributed by atoms with Crippen molar-refractivity contribution in [2.24, 2.45) is 5.92 Å². The van der Waals surface area contributed by atoms with Crippen LogP contribution >= 0.6 is 0 Å². The average Bonchev–Trinajstić information content (AvgIpc) is 3.13. The van der Waals surface area contributed by atoms with Crippen LogP contribution in [0.2, 0.25) is 0 Å². The first-order valence-corrected chi connectivity index (χ1v) is 6.43. The molecule has 5 heteroatoms. The van der Waals surface area contributed by atoms with E-state index in [-0.39, 0.29) is 11.8 Å². The van der Waals surface area contributed by atoms with Gasteiger partial charge in [0.15, 0.2) is 0 Å². The predicted octanol–water partition coefficient (Wildman–Crippen LogP) is 1.42. The Morgan fingerprint density at radius 1 is 1.42 bits per heavy atom. The molecule has 1 amide bonds. The Morgan fingerprint density at radius 2 is 2.32 bits per heavy atom. The minimum absolute atomic E-state index is 0.0656. The lowest BCUT2D eigenvalue weighted by Crippen LogP contribution is -2.25. The highest BCUT2D eigenvalue weighted by Gasteiger charge is 2.22. The van der Waals surface area contributed by atoms with Crippen molar-refractivity contribution in [1.29, 1.82) is 0 Å². The fourth-order valence-electron chi connectivity index (χ4n) is 2.32. The van der Waals surface area contributed by atoms with Crippen LogP contribution in [-0.4, -0.2) is 28.5 Å². The molecule has 0 bridgehead atoms. The minimum atomic E-state index is 0.0656. The summed E-state index contributed by atoms with van der Waals surface area (Å²) in [5, 5.41) is 6.22. The number of amides is 1. The molecule has 0 spiro atoms. The van der Waals surface area contributed by atoms with Crippen LogP contribution in [0.1, 0.15) is 6.42 Å². The molecule has 1 saturated heterocycles. The Bertz CT molecular complexity index is 559. The zero-order chi connectivity index (χ0) is 13.1. The highest BCUT2D eigenvalue weighted by atomic mass is 16.1. The average molecular weight is 256 g/mol. The van der Waals surface area contributed by atoms with Crippen molar-refractivity contribution in [2.75, 3.05) is 18.4 Å². The lowest BCUT2D eigenvalue weighted by atomic mass is 10.1. The van der Waals surface area contributed by atoms with E-state index in [1.165, 1.54) is 0 Å². The highest BCUT2D eigenvalue weighted by Crippen LogP contribution is 2.21. The van der Waals surface area contributed by atoms with E-state index < -0.39 is 0 Å². The first kappa shape index (κ1) is 11.9. The zero-order valence-corrected chi connectivity index (χ0v) is 10.5. The second-order valence-electron chi connectivity index (χ2n) is 4.67. The Balaban J connectivity index is 1.83. The van der Waals surface area contributed by atoms with Gasteiger partial charge in [0.25, 0.3) is 0 Å². The molecule has 2 heterocycles. The van der Waals surface area contributed by atoms with Crippen LogP contribution < -0.4 is 10.6 Å². The Labute approximate surface area is 111 Å². The van der Waals surface area contributed by atoms with Crippen LogP contribution in [0.4, 0.5) is 5.69 Å². The number of hydrogen-bond acceptors (Lipinski definition) is 3. The lowest BCUT2D eigenvalue weighted by Gasteiger charge is -2.14. The first-order valence-electron chi connectivity index (χ1n) is 6.43. The molecule has 0 radical (unpaired) electrons. The fraction of sp³-hybridized carbons (Fsp3) is 0.286. The molecule has 5 nitrogen and oxygen atoms in total. The van der Waals surface area contributed by atoms with Gasteiger partial charge in [0, 0.05) is 18.9 Å². The van der Waals surface area contributed by atoms with E-state index in [0.717, 1.165) is 30.9 Å². The van der Waals surface area contributed by atoms with Gasteiger partial charge in [-0.1, -0.05) is 12.1 Å². The molecule has 3 rings (SSSR count). The van der Waals surface area contributed by atoms with Crippen molar-refractivity contribution in [3.05, 3.63) is 43.0 Å². The van der Waals surface area contributed by atoms with E-state index in [1.807, 2.05) is 35.0 Å². The molecular weight excluding hydrogens is 240 g/mol. The molecule has 0 saturated carbocycles. The molecule has 1 aromatic carbocycles. The maximum Gasteiger partial charge on any atom is 0.228 e. The fourth-order valence-corrected chi connectivity index (χ4v) is 2.32. The molecule has 1 fully saturated rings. The third kappa shape index (κ3) is 2.51. The van der Waals surface area contributed by atoms with Crippen molar-refractivity contribution in [3.63, 3.8) is 0 Å². The highest BCUT2D eigenvalue weighted by molar-refractivity contribution is 5.94. The summed E-state index contributed by atoms with van der Waals surface area (Å²) in [4.78, 5) is 16.2. The third-order valence-electron chi connectivity index (χ3n) is 3.38. The number of para-hydroxylation sites is 2. The SMILES string of the molecule is O=C(Nc1ccccc1-n1ccnc1)C1CCNC1. The first-order chi connectivity index (χ1) is 9.34. The molecule has 1 unspecified atom stereocenters. The summed E-state index contributed by atoms with van der Waals surface area (Å²) in [6, 6.07) is 7.74. The number of aromatic nitrogens is 2. The second kappa shape index (κ2) is 5.24. The summed E-state index contributed by atoms with van der Waals surface area (Å²) >= 11 is 0. The number of rotatable bonds is 3. The van der Waals surface area contributed by atoms with Crippen molar-refractivity contribution >= 4 is 11.6 Å². The van der Waals surface area contributed by atoms with Gasteiger partial charge in [0.2, 0.25) is 5.91 Å². The molecular formula is C14H16N4O. The molecule has 1 aromatic heterocycles. The topological polar surface area (TPSA) is 59.0 Å². The summed E-state index contributed by atoms with van der Waals surface area (Å²) < 4.78 is 1.89. The van der Waals surface area contributed by atoms with E-state index in [1.54, 1.807) is 12.5 Å². The van der Waals surface area contributed by atoms with Crippen LogP contribution in [0, 0.1) is 5.92 Å². The van der Waals surface area contributed by atoms with E-state index in [0.29, 0.717) is 0 Å². The van der Waals surface area contributed by atoms with E-state index in [9.17, 15) is 4.79 Å². The molecule has 1 aliphatic rings.